The first-order chi connectivity index (χ1) is 11.8. The van der Waals surface area contributed by atoms with Crippen molar-refractivity contribution in [3.8, 4) is 22.6 Å². The fourth-order valence-electron chi connectivity index (χ4n) is 3.32. The van der Waals surface area contributed by atoms with Gasteiger partial charge in [-0.05, 0) is 6.07 Å². The van der Waals surface area contributed by atoms with E-state index in [1.807, 2.05) is 72.8 Å². The van der Waals surface area contributed by atoms with Crippen LogP contribution in [0.5, 0.6) is 0 Å². The Morgan fingerprint density at radius 1 is 0.625 bits per heavy atom. The highest BCUT2D eigenvalue weighted by Crippen LogP contribution is 2.38. The number of ketones is 1. The lowest BCUT2D eigenvalue weighted by Gasteiger charge is -2.19. The van der Waals surface area contributed by atoms with Crippen molar-refractivity contribution in [3.63, 3.8) is 0 Å². The summed E-state index contributed by atoms with van der Waals surface area (Å²) < 4.78 is 0. The zero-order chi connectivity index (χ0) is 16.1. The van der Waals surface area contributed by atoms with E-state index < -0.39 is 0 Å². The Labute approximate surface area is 138 Å². The summed E-state index contributed by atoms with van der Waals surface area (Å²) in [6.45, 7) is 0. The number of rotatable bonds is 1. The summed E-state index contributed by atoms with van der Waals surface area (Å²) >= 11 is 0. The molecule has 0 fully saturated rings. The second-order valence-electron chi connectivity index (χ2n) is 5.84. The average molecular weight is 308 g/mol. The second kappa shape index (κ2) is 4.83. The molecule has 0 amide bonds. The van der Waals surface area contributed by atoms with E-state index in [9.17, 15) is 4.79 Å². The Kier molecular flexibility index (Phi) is 2.65. The molecule has 0 spiro atoms. The molecular formula is C21H12N2O. The monoisotopic (exact) mass is 308 g/mol. The molecule has 0 radical (unpaired) electrons. The highest BCUT2D eigenvalue weighted by molar-refractivity contribution is 6.24. The molecule has 4 aromatic rings. The van der Waals surface area contributed by atoms with E-state index in [0.717, 1.165) is 27.7 Å². The molecule has 0 bridgehead atoms. The molecule has 3 aromatic carbocycles. The number of carbonyl (C=O) groups excluding carboxylic acids is 1. The molecule has 0 saturated carbocycles. The lowest BCUT2D eigenvalue weighted by Crippen LogP contribution is -2.11. The number of aromatic nitrogens is 2. The van der Waals surface area contributed by atoms with Crippen LogP contribution in [0.2, 0.25) is 0 Å². The smallest absolute Gasteiger partial charge is 0.194 e. The predicted octanol–water partition coefficient (Wildman–Crippen LogP) is 4.51. The Hall–Kier alpha value is -3.33. The number of hydrogen-bond donors (Lipinski definition) is 0. The minimum absolute atomic E-state index is 0.0414. The SMILES string of the molecule is O=C1c2ccccc2-c2nc(-c3ccccc3)nc3cccc1c23. The van der Waals surface area contributed by atoms with Crippen LogP contribution in [0.15, 0.2) is 72.8 Å². The van der Waals surface area contributed by atoms with E-state index in [2.05, 4.69) is 0 Å². The average Bonchev–Trinajstić information content (AvgIpc) is 2.66. The minimum Gasteiger partial charge on any atom is -0.289 e. The lowest BCUT2D eigenvalue weighted by atomic mass is 9.87. The van der Waals surface area contributed by atoms with E-state index >= 15 is 0 Å². The van der Waals surface area contributed by atoms with Gasteiger partial charge in [-0.15, -0.1) is 0 Å². The maximum Gasteiger partial charge on any atom is 0.194 e. The highest BCUT2D eigenvalue weighted by Gasteiger charge is 2.26. The Balaban J connectivity index is 1.92. The maximum atomic E-state index is 12.8. The van der Waals surface area contributed by atoms with Gasteiger partial charge in [0.2, 0.25) is 0 Å². The molecule has 0 unspecified atom stereocenters. The number of hydrogen-bond acceptors (Lipinski definition) is 3. The van der Waals surface area contributed by atoms with Gasteiger partial charge in [0.15, 0.2) is 11.6 Å². The third-order valence-electron chi connectivity index (χ3n) is 4.43. The van der Waals surface area contributed by atoms with Crippen LogP contribution in [0.1, 0.15) is 15.9 Å². The van der Waals surface area contributed by atoms with Crippen molar-refractivity contribution in [3.05, 3.63) is 83.9 Å². The molecule has 1 aliphatic carbocycles. The molecule has 3 heteroatoms. The second-order valence-corrected chi connectivity index (χ2v) is 5.84. The molecule has 0 N–H and O–H groups in total. The van der Waals surface area contributed by atoms with Crippen molar-refractivity contribution in [1.82, 2.24) is 9.97 Å². The molecule has 0 aliphatic heterocycles. The topological polar surface area (TPSA) is 42.9 Å². The van der Waals surface area contributed by atoms with Gasteiger partial charge in [-0.2, -0.15) is 0 Å². The van der Waals surface area contributed by atoms with Crippen LogP contribution < -0.4 is 0 Å². The quantitative estimate of drug-likeness (QED) is 0.457. The molecule has 0 saturated heterocycles. The van der Waals surface area contributed by atoms with Crippen LogP contribution in [0.25, 0.3) is 33.5 Å². The van der Waals surface area contributed by atoms with Gasteiger partial charge < -0.3 is 0 Å². The Bertz CT molecular complexity index is 1120. The van der Waals surface area contributed by atoms with E-state index in [4.69, 9.17) is 9.97 Å². The zero-order valence-electron chi connectivity index (χ0n) is 12.7. The summed E-state index contributed by atoms with van der Waals surface area (Å²) in [7, 11) is 0. The fraction of sp³-hybridized carbons (Fsp3) is 0. The van der Waals surface area contributed by atoms with Gasteiger partial charge in [-0.25, -0.2) is 9.97 Å². The minimum atomic E-state index is 0.0414. The van der Waals surface area contributed by atoms with E-state index in [-0.39, 0.29) is 5.78 Å². The van der Waals surface area contributed by atoms with Gasteiger partial charge in [-0.1, -0.05) is 66.7 Å². The standard InChI is InChI=1S/C21H12N2O/c24-20-15-10-5-4-9-14(15)19-18-16(20)11-6-12-17(18)22-21(23-19)13-7-2-1-3-8-13/h1-12H. The number of nitrogens with zero attached hydrogens (tertiary/aromatic N) is 2. The largest absolute Gasteiger partial charge is 0.289 e. The maximum absolute atomic E-state index is 12.8. The first-order valence-electron chi connectivity index (χ1n) is 7.83. The molecule has 24 heavy (non-hydrogen) atoms. The zero-order valence-corrected chi connectivity index (χ0v) is 12.7. The number of fused-ring (bicyclic) bond motifs is 2. The van der Waals surface area contributed by atoms with E-state index in [0.29, 0.717) is 17.0 Å². The van der Waals surface area contributed by atoms with Crippen LogP contribution in [-0.2, 0) is 0 Å². The van der Waals surface area contributed by atoms with E-state index in [1.54, 1.807) is 0 Å². The highest BCUT2D eigenvalue weighted by atomic mass is 16.1. The van der Waals surface area contributed by atoms with Crippen LogP contribution in [0.4, 0.5) is 0 Å². The summed E-state index contributed by atoms with van der Waals surface area (Å²) in [5.41, 5.74) is 4.88. The molecule has 3 nitrogen and oxygen atoms in total. The molecular weight excluding hydrogens is 296 g/mol. The molecule has 1 aliphatic rings. The van der Waals surface area contributed by atoms with E-state index in [1.165, 1.54) is 0 Å². The molecule has 1 aromatic heterocycles. The Morgan fingerprint density at radius 3 is 2.17 bits per heavy atom. The van der Waals surface area contributed by atoms with Crippen molar-refractivity contribution in [2.24, 2.45) is 0 Å². The van der Waals surface area contributed by atoms with Gasteiger partial charge >= 0.3 is 0 Å². The first kappa shape index (κ1) is 13.1. The van der Waals surface area contributed by atoms with Gasteiger partial charge in [0, 0.05) is 27.6 Å². The Morgan fingerprint density at radius 2 is 1.33 bits per heavy atom. The molecule has 112 valence electrons. The lowest BCUT2D eigenvalue weighted by molar-refractivity contribution is 0.104. The third kappa shape index (κ3) is 1.75. The van der Waals surface area contributed by atoms with Crippen LogP contribution >= 0.6 is 0 Å². The number of carbonyl (C=O) groups is 1. The van der Waals surface area contributed by atoms with Crippen molar-refractivity contribution in [2.75, 3.05) is 0 Å². The fourth-order valence-corrected chi connectivity index (χ4v) is 3.32. The van der Waals surface area contributed by atoms with Crippen LogP contribution in [0, 0.1) is 0 Å². The normalized spacial score (nSPS) is 12.2. The van der Waals surface area contributed by atoms with Gasteiger partial charge in [0.05, 0.1) is 11.2 Å². The number of benzene rings is 3. The summed E-state index contributed by atoms with van der Waals surface area (Å²) in [5, 5.41) is 0.848. The first-order valence-corrected chi connectivity index (χ1v) is 7.83. The summed E-state index contributed by atoms with van der Waals surface area (Å²) in [4.78, 5) is 22.3. The molecule has 5 rings (SSSR count). The van der Waals surface area contributed by atoms with Gasteiger partial charge in [0.25, 0.3) is 0 Å². The van der Waals surface area contributed by atoms with Crippen molar-refractivity contribution < 1.29 is 4.79 Å². The summed E-state index contributed by atoms with van der Waals surface area (Å²) in [6.07, 6.45) is 0. The molecule has 1 heterocycles. The van der Waals surface area contributed by atoms with Crippen LogP contribution in [-0.4, -0.2) is 15.8 Å². The predicted molar refractivity (Wildman–Crippen MR) is 93.8 cm³/mol. The van der Waals surface area contributed by atoms with Crippen molar-refractivity contribution in [1.29, 1.82) is 0 Å². The van der Waals surface area contributed by atoms with Crippen molar-refractivity contribution in [2.45, 2.75) is 0 Å². The van der Waals surface area contributed by atoms with Gasteiger partial charge in [-0.3, -0.25) is 4.79 Å². The summed E-state index contributed by atoms with van der Waals surface area (Å²) in [5.74, 6) is 0.721. The van der Waals surface area contributed by atoms with Crippen LogP contribution in [0.3, 0.4) is 0 Å². The molecule has 0 atom stereocenters. The van der Waals surface area contributed by atoms with Gasteiger partial charge in [0.1, 0.15) is 0 Å². The third-order valence-corrected chi connectivity index (χ3v) is 4.43. The summed E-state index contributed by atoms with van der Waals surface area (Å²) in [6, 6.07) is 23.3. The van der Waals surface area contributed by atoms with Crippen molar-refractivity contribution >= 4 is 16.7 Å².